The number of para-hydroxylation sites is 3. The molecule has 2 aromatic rings. The summed E-state index contributed by atoms with van der Waals surface area (Å²) in [6.45, 7) is 5.83. The van der Waals surface area contributed by atoms with E-state index in [1.54, 1.807) is 7.11 Å². The fourth-order valence-electron chi connectivity index (χ4n) is 4.20. The Bertz CT molecular complexity index is 815. The molecule has 0 bridgehead atoms. The van der Waals surface area contributed by atoms with Gasteiger partial charge < -0.3 is 19.4 Å². The van der Waals surface area contributed by atoms with Gasteiger partial charge in [0.15, 0.2) is 0 Å². The lowest BCUT2D eigenvalue weighted by Crippen LogP contribution is -2.52. The summed E-state index contributed by atoms with van der Waals surface area (Å²) in [5, 5.41) is 0. The second-order valence-electron chi connectivity index (χ2n) is 7.35. The molecule has 0 radical (unpaired) electrons. The van der Waals surface area contributed by atoms with Crippen LogP contribution in [0.25, 0.3) is 0 Å². The van der Waals surface area contributed by atoms with Crippen molar-refractivity contribution >= 4 is 17.3 Å². The average molecular weight is 365 g/mol. The van der Waals surface area contributed by atoms with Crippen LogP contribution in [-0.4, -0.2) is 56.7 Å². The lowest BCUT2D eigenvalue weighted by atomic mass is 10.1. The molecular formula is C22H27N3O2. The van der Waals surface area contributed by atoms with Crippen LogP contribution in [0.4, 0.5) is 11.4 Å². The molecule has 1 amide bonds. The molecule has 0 saturated carbocycles. The Kier molecular flexibility index (Phi) is 4.92. The molecule has 0 unspecified atom stereocenters. The molecule has 0 aliphatic carbocycles. The summed E-state index contributed by atoms with van der Waals surface area (Å²) in [7, 11) is 1.70. The molecule has 142 valence electrons. The molecule has 1 saturated heterocycles. The summed E-state index contributed by atoms with van der Waals surface area (Å²) in [6, 6.07) is 16.9. The number of piperazine rings is 1. The van der Waals surface area contributed by atoms with Gasteiger partial charge in [0.05, 0.1) is 19.3 Å². The summed E-state index contributed by atoms with van der Waals surface area (Å²) in [4.78, 5) is 19.5. The Hall–Kier alpha value is -2.69. The summed E-state index contributed by atoms with van der Waals surface area (Å²) >= 11 is 0. The van der Waals surface area contributed by atoms with E-state index in [4.69, 9.17) is 4.74 Å². The van der Waals surface area contributed by atoms with Crippen molar-refractivity contribution in [3.05, 3.63) is 54.1 Å². The number of anilines is 2. The molecule has 2 aliphatic heterocycles. The zero-order chi connectivity index (χ0) is 18.8. The SMILES string of the molecule is COc1ccccc1N1CCN(C(=O)CN2c3ccccc3C[C@@H]2C)CC1. The van der Waals surface area contributed by atoms with Gasteiger partial charge in [-0.1, -0.05) is 30.3 Å². The number of carbonyl (C=O) groups excluding carboxylic acids is 1. The number of hydrogen-bond donors (Lipinski definition) is 0. The van der Waals surface area contributed by atoms with Crippen LogP contribution in [0.1, 0.15) is 12.5 Å². The predicted octanol–water partition coefficient (Wildman–Crippen LogP) is 2.80. The van der Waals surface area contributed by atoms with Gasteiger partial charge in [-0.25, -0.2) is 0 Å². The maximum absolute atomic E-state index is 12.9. The van der Waals surface area contributed by atoms with Crippen LogP contribution in [0.15, 0.2) is 48.5 Å². The lowest BCUT2D eigenvalue weighted by molar-refractivity contribution is -0.130. The molecule has 27 heavy (non-hydrogen) atoms. The zero-order valence-corrected chi connectivity index (χ0v) is 16.1. The van der Waals surface area contributed by atoms with Crippen LogP contribution < -0.4 is 14.5 Å². The highest BCUT2D eigenvalue weighted by Gasteiger charge is 2.30. The molecule has 2 aliphatic rings. The van der Waals surface area contributed by atoms with Gasteiger partial charge in [0, 0.05) is 37.9 Å². The molecule has 0 aromatic heterocycles. The Labute approximate surface area is 161 Å². The van der Waals surface area contributed by atoms with Crippen LogP contribution in [-0.2, 0) is 11.2 Å². The zero-order valence-electron chi connectivity index (χ0n) is 16.1. The van der Waals surface area contributed by atoms with E-state index >= 15 is 0 Å². The number of ether oxygens (including phenoxy) is 1. The van der Waals surface area contributed by atoms with Crippen LogP contribution in [0.5, 0.6) is 5.75 Å². The second-order valence-corrected chi connectivity index (χ2v) is 7.35. The Morgan fingerprint density at radius 3 is 2.41 bits per heavy atom. The van der Waals surface area contributed by atoms with Crippen molar-refractivity contribution in [1.82, 2.24) is 4.90 Å². The number of amides is 1. The molecule has 1 atom stereocenters. The first-order chi connectivity index (χ1) is 13.2. The Morgan fingerprint density at radius 1 is 1.00 bits per heavy atom. The van der Waals surface area contributed by atoms with E-state index in [0.29, 0.717) is 12.6 Å². The quantitative estimate of drug-likeness (QED) is 0.835. The van der Waals surface area contributed by atoms with Crippen molar-refractivity contribution in [3.8, 4) is 5.75 Å². The Balaban J connectivity index is 1.38. The maximum Gasteiger partial charge on any atom is 0.242 e. The number of nitrogens with zero attached hydrogens (tertiary/aromatic N) is 3. The van der Waals surface area contributed by atoms with Crippen molar-refractivity contribution in [2.45, 2.75) is 19.4 Å². The van der Waals surface area contributed by atoms with Gasteiger partial charge in [-0.15, -0.1) is 0 Å². The average Bonchev–Trinajstić information content (AvgIpc) is 3.03. The fourth-order valence-corrected chi connectivity index (χ4v) is 4.20. The number of methoxy groups -OCH3 is 1. The maximum atomic E-state index is 12.9. The predicted molar refractivity (Wildman–Crippen MR) is 109 cm³/mol. The van der Waals surface area contributed by atoms with E-state index in [1.165, 1.54) is 11.3 Å². The monoisotopic (exact) mass is 365 g/mol. The molecule has 2 heterocycles. The minimum atomic E-state index is 0.221. The largest absolute Gasteiger partial charge is 0.495 e. The van der Waals surface area contributed by atoms with E-state index in [2.05, 4.69) is 47.1 Å². The van der Waals surface area contributed by atoms with Crippen molar-refractivity contribution in [1.29, 1.82) is 0 Å². The van der Waals surface area contributed by atoms with E-state index in [9.17, 15) is 4.79 Å². The van der Waals surface area contributed by atoms with Crippen LogP contribution in [0.3, 0.4) is 0 Å². The van der Waals surface area contributed by atoms with E-state index in [-0.39, 0.29) is 5.91 Å². The second kappa shape index (κ2) is 7.51. The number of hydrogen-bond acceptors (Lipinski definition) is 4. The fraction of sp³-hybridized carbons (Fsp3) is 0.409. The number of rotatable bonds is 4. The molecule has 0 spiro atoms. The van der Waals surface area contributed by atoms with Crippen molar-refractivity contribution in [2.24, 2.45) is 0 Å². The first kappa shape index (κ1) is 17.7. The van der Waals surface area contributed by atoms with Crippen molar-refractivity contribution in [2.75, 3.05) is 49.6 Å². The highest BCUT2D eigenvalue weighted by Crippen LogP contribution is 2.32. The molecular weight excluding hydrogens is 338 g/mol. The van der Waals surface area contributed by atoms with E-state index in [1.807, 2.05) is 23.1 Å². The van der Waals surface area contributed by atoms with Gasteiger partial charge in [-0.3, -0.25) is 4.79 Å². The van der Waals surface area contributed by atoms with Gasteiger partial charge in [0.25, 0.3) is 0 Å². The van der Waals surface area contributed by atoms with Gasteiger partial charge in [0.1, 0.15) is 5.75 Å². The number of fused-ring (bicyclic) bond motifs is 1. The first-order valence-electron chi connectivity index (χ1n) is 9.67. The highest BCUT2D eigenvalue weighted by molar-refractivity contribution is 5.83. The van der Waals surface area contributed by atoms with Gasteiger partial charge >= 0.3 is 0 Å². The molecule has 4 rings (SSSR count). The summed E-state index contributed by atoms with van der Waals surface area (Å²) in [5.74, 6) is 1.11. The van der Waals surface area contributed by atoms with Gasteiger partial charge in [0.2, 0.25) is 5.91 Å². The standard InChI is InChI=1S/C22H27N3O2/c1-17-15-18-7-3-4-8-19(18)25(17)16-22(26)24-13-11-23(12-14-24)20-9-5-6-10-21(20)27-2/h3-10,17H,11-16H2,1-2H3/t17-/m0/s1. The van der Waals surface area contributed by atoms with Crippen LogP contribution in [0, 0.1) is 0 Å². The number of carbonyl (C=O) groups is 1. The Morgan fingerprint density at radius 2 is 1.67 bits per heavy atom. The minimum absolute atomic E-state index is 0.221. The van der Waals surface area contributed by atoms with Crippen molar-refractivity contribution in [3.63, 3.8) is 0 Å². The number of benzene rings is 2. The third-order valence-corrected chi connectivity index (χ3v) is 5.71. The summed E-state index contributed by atoms with van der Waals surface area (Å²) < 4.78 is 5.48. The highest BCUT2D eigenvalue weighted by atomic mass is 16.5. The summed E-state index contributed by atoms with van der Waals surface area (Å²) in [6.07, 6.45) is 1.02. The molecule has 5 heteroatoms. The summed E-state index contributed by atoms with van der Waals surface area (Å²) in [5.41, 5.74) is 3.67. The molecule has 1 fully saturated rings. The minimum Gasteiger partial charge on any atom is -0.495 e. The first-order valence-corrected chi connectivity index (χ1v) is 9.67. The molecule has 2 aromatic carbocycles. The topological polar surface area (TPSA) is 36.0 Å². The van der Waals surface area contributed by atoms with E-state index < -0.39 is 0 Å². The van der Waals surface area contributed by atoms with E-state index in [0.717, 1.165) is 44.0 Å². The van der Waals surface area contributed by atoms with Crippen molar-refractivity contribution < 1.29 is 9.53 Å². The lowest BCUT2D eigenvalue weighted by Gasteiger charge is -2.37. The van der Waals surface area contributed by atoms with Gasteiger partial charge in [-0.2, -0.15) is 0 Å². The smallest absolute Gasteiger partial charge is 0.242 e. The molecule has 0 N–H and O–H groups in total. The molecule has 5 nitrogen and oxygen atoms in total. The normalized spacial score (nSPS) is 19.2. The van der Waals surface area contributed by atoms with Gasteiger partial charge in [-0.05, 0) is 37.1 Å². The third-order valence-electron chi connectivity index (χ3n) is 5.71. The van der Waals surface area contributed by atoms with Crippen LogP contribution >= 0.6 is 0 Å². The van der Waals surface area contributed by atoms with Crippen LogP contribution in [0.2, 0.25) is 0 Å². The third kappa shape index (κ3) is 3.46.